The van der Waals surface area contributed by atoms with Crippen LogP contribution in [0.3, 0.4) is 0 Å². The van der Waals surface area contributed by atoms with Crippen LogP contribution in [0, 0.1) is 11.8 Å². The van der Waals surface area contributed by atoms with Crippen molar-refractivity contribution in [2.75, 3.05) is 18.4 Å². The number of anilines is 1. The van der Waals surface area contributed by atoms with Gasteiger partial charge in [-0.1, -0.05) is 60.7 Å². The van der Waals surface area contributed by atoms with Crippen LogP contribution in [0.25, 0.3) is 22.2 Å². The number of nitrogens with zero attached hydrogens (tertiary/aromatic N) is 3. The van der Waals surface area contributed by atoms with Crippen molar-refractivity contribution in [3.63, 3.8) is 0 Å². The van der Waals surface area contributed by atoms with Crippen molar-refractivity contribution in [3.8, 4) is 23.0 Å². The zero-order chi connectivity index (χ0) is 34.2. The highest BCUT2D eigenvalue weighted by Crippen LogP contribution is 2.36. The zero-order valence-corrected chi connectivity index (χ0v) is 28.9. The SMILES string of the molecule is Cn1nc(-c2ccc(OCc3ccccc3)nc2OCc2ccccc2)c2ccc(NCC3CCC(CNC(=O)OC(C)(C)C)CC3)cc21. The average Bonchev–Trinajstić information content (AvgIpc) is 3.43. The molecule has 6 rings (SSSR count). The topological polar surface area (TPSA) is 99.5 Å². The number of amides is 1. The van der Waals surface area contributed by atoms with Gasteiger partial charge in [-0.25, -0.2) is 4.79 Å². The number of hydrogen-bond acceptors (Lipinski definition) is 7. The van der Waals surface area contributed by atoms with Crippen LogP contribution in [0.2, 0.25) is 0 Å². The Morgan fingerprint density at radius 2 is 1.45 bits per heavy atom. The minimum Gasteiger partial charge on any atom is -0.473 e. The lowest BCUT2D eigenvalue weighted by Crippen LogP contribution is -2.36. The van der Waals surface area contributed by atoms with Gasteiger partial charge in [0.1, 0.15) is 24.5 Å². The maximum atomic E-state index is 12.0. The first-order valence-electron chi connectivity index (χ1n) is 17.2. The standard InChI is InChI=1S/C40H47N5O4/c1-40(2,3)49-39(46)42-25-29-17-15-28(16-18-29)24-41-32-19-20-33-35(23-32)45(4)44-37(33)34-21-22-36(47-26-30-11-7-5-8-12-30)43-38(34)48-27-31-13-9-6-10-14-31/h5-14,19-23,28-29,41H,15-18,24-27H2,1-4H3,(H,42,46). The minimum atomic E-state index is -0.478. The summed E-state index contributed by atoms with van der Waals surface area (Å²) >= 11 is 0. The smallest absolute Gasteiger partial charge is 0.407 e. The molecule has 3 aromatic carbocycles. The Bertz CT molecular complexity index is 1830. The van der Waals surface area contributed by atoms with Crippen molar-refractivity contribution >= 4 is 22.7 Å². The summed E-state index contributed by atoms with van der Waals surface area (Å²) in [6.07, 6.45) is 4.14. The van der Waals surface area contributed by atoms with Gasteiger partial charge in [-0.3, -0.25) is 4.68 Å². The van der Waals surface area contributed by atoms with E-state index >= 15 is 0 Å². The second-order valence-corrected chi connectivity index (χ2v) is 13.9. The normalized spacial score (nSPS) is 16.2. The quantitative estimate of drug-likeness (QED) is 0.138. The highest BCUT2D eigenvalue weighted by Gasteiger charge is 2.23. The number of benzene rings is 3. The highest BCUT2D eigenvalue weighted by atomic mass is 16.6. The van der Waals surface area contributed by atoms with Crippen molar-refractivity contribution in [1.29, 1.82) is 0 Å². The largest absolute Gasteiger partial charge is 0.473 e. The molecule has 9 heteroatoms. The molecule has 5 aromatic rings. The van der Waals surface area contributed by atoms with E-state index in [1.165, 1.54) is 0 Å². The van der Waals surface area contributed by atoms with Gasteiger partial charge in [0.25, 0.3) is 0 Å². The molecule has 1 amide bonds. The summed E-state index contributed by atoms with van der Waals surface area (Å²) < 4.78 is 19.7. The fourth-order valence-corrected chi connectivity index (χ4v) is 6.26. The predicted octanol–water partition coefficient (Wildman–Crippen LogP) is 8.54. The van der Waals surface area contributed by atoms with Gasteiger partial charge in [0, 0.05) is 37.3 Å². The average molecular weight is 662 g/mol. The van der Waals surface area contributed by atoms with Gasteiger partial charge in [0.2, 0.25) is 11.8 Å². The Hall–Kier alpha value is -5.05. The van der Waals surface area contributed by atoms with Crippen LogP contribution < -0.4 is 20.1 Å². The van der Waals surface area contributed by atoms with E-state index in [-0.39, 0.29) is 6.09 Å². The van der Waals surface area contributed by atoms with E-state index in [1.807, 2.05) is 105 Å². The number of aromatic nitrogens is 3. The molecule has 0 radical (unpaired) electrons. The first kappa shape index (κ1) is 33.8. The van der Waals surface area contributed by atoms with Gasteiger partial charge in [0.05, 0.1) is 11.1 Å². The van der Waals surface area contributed by atoms with Crippen molar-refractivity contribution in [2.45, 2.75) is 65.3 Å². The van der Waals surface area contributed by atoms with Crippen LogP contribution in [-0.4, -0.2) is 39.5 Å². The summed E-state index contributed by atoms with van der Waals surface area (Å²) in [6, 6.07) is 30.4. The molecule has 2 N–H and O–H groups in total. The summed E-state index contributed by atoms with van der Waals surface area (Å²) in [4.78, 5) is 16.8. The zero-order valence-electron chi connectivity index (χ0n) is 28.9. The number of alkyl carbamates (subject to hydrolysis) is 1. The number of rotatable bonds is 12. The lowest BCUT2D eigenvalue weighted by Gasteiger charge is -2.29. The second kappa shape index (κ2) is 15.4. The lowest BCUT2D eigenvalue weighted by molar-refractivity contribution is 0.0513. The summed E-state index contributed by atoms with van der Waals surface area (Å²) in [7, 11) is 1.97. The first-order valence-corrected chi connectivity index (χ1v) is 17.2. The van der Waals surface area contributed by atoms with Gasteiger partial charge in [0.15, 0.2) is 0 Å². The molecule has 2 heterocycles. The number of pyridine rings is 1. The van der Waals surface area contributed by atoms with Crippen molar-refractivity contribution in [2.24, 2.45) is 18.9 Å². The van der Waals surface area contributed by atoms with Crippen LogP contribution in [-0.2, 0) is 25.0 Å². The Morgan fingerprint density at radius 3 is 2.10 bits per heavy atom. The number of hydrogen-bond donors (Lipinski definition) is 2. The summed E-state index contributed by atoms with van der Waals surface area (Å²) in [5, 5.41) is 12.6. The number of fused-ring (bicyclic) bond motifs is 1. The van der Waals surface area contributed by atoms with Crippen molar-refractivity contribution in [3.05, 3.63) is 102 Å². The summed E-state index contributed by atoms with van der Waals surface area (Å²) in [6.45, 7) is 8.03. The molecule has 9 nitrogen and oxygen atoms in total. The minimum absolute atomic E-state index is 0.331. The molecule has 256 valence electrons. The van der Waals surface area contributed by atoms with Crippen LogP contribution in [0.15, 0.2) is 91.0 Å². The molecular formula is C40H47N5O4. The summed E-state index contributed by atoms with van der Waals surface area (Å²) in [5.74, 6) is 2.06. The number of nitrogens with one attached hydrogen (secondary N) is 2. The molecule has 0 spiro atoms. The van der Waals surface area contributed by atoms with E-state index in [0.29, 0.717) is 43.4 Å². The molecule has 0 unspecified atom stereocenters. The third-order valence-corrected chi connectivity index (χ3v) is 8.88. The highest BCUT2D eigenvalue weighted by molar-refractivity contribution is 5.96. The van der Waals surface area contributed by atoms with Gasteiger partial charge in [-0.05, 0) is 93.7 Å². The number of carbonyl (C=O) groups is 1. The molecular weight excluding hydrogens is 614 g/mol. The van der Waals surface area contributed by atoms with Gasteiger partial charge < -0.3 is 24.8 Å². The Kier molecular flexibility index (Phi) is 10.7. The first-order chi connectivity index (χ1) is 23.7. The molecule has 0 aliphatic heterocycles. The van der Waals surface area contributed by atoms with E-state index < -0.39 is 5.60 Å². The van der Waals surface area contributed by atoms with E-state index in [9.17, 15) is 4.79 Å². The Balaban J connectivity index is 1.11. The van der Waals surface area contributed by atoms with E-state index in [0.717, 1.165) is 71.2 Å². The van der Waals surface area contributed by atoms with E-state index in [4.69, 9.17) is 24.3 Å². The summed E-state index contributed by atoms with van der Waals surface area (Å²) in [5.41, 5.74) is 5.36. The Morgan fingerprint density at radius 1 is 0.816 bits per heavy atom. The third kappa shape index (κ3) is 9.31. The van der Waals surface area contributed by atoms with E-state index in [2.05, 4.69) is 28.8 Å². The number of carbonyl (C=O) groups excluding carboxylic acids is 1. The number of aryl methyl sites for hydroxylation is 1. The lowest BCUT2D eigenvalue weighted by atomic mass is 9.82. The molecule has 1 fully saturated rings. The molecule has 0 atom stereocenters. The van der Waals surface area contributed by atoms with Crippen molar-refractivity contribution < 1.29 is 19.0 Å². The molecule has 49 heavy (non-hydrogen) atoms. The van der Waals surface area contributed by atoms with Crippen LogP contribution in [0.4, 0.5) is 10.5 Å². The fraction of sp³-hybridized carbons (Fsp3) is 0.375. The Labute approximate surface area is 289 Å². The molecule has 2 aromatic heterocycles. The molecule has 1 saturated carbocycles. The number of ether oxygens (including phenoxy) is 3. The molecule has 0 saturated heterocycles. The van der Waals surface area contributed by atoms with Crippen LogP contribution in [0.1, 0.15) is 57.6 Å². The molecule has 0 bridgehead atoms. The van der Waals surface area contributed by atoms with Gasteiger partial charge in [-0.2, -0.15) is 10.1 Å². The third-order valence-electron chi connectivity index (χ3n) is 8.88. The van der Waals surface area contributed by atoms with Crippen LogP contribution in [0.5, 0.6) is 11.8 Å². The van der Waals surface area contributed by atoms with Crippen LogP contribution >= 0.6 is 0 Å². The maximum Gasteiger partial charge on any atom is 0.407 e. The predicted molar refractivity (Wildman–Crippen MR) is 194 cm³/mol. The monoisotopic (exact) mass is 661 g/mol. The van der Waals surface area contributed by atoms with Gasteiger partial charge in [-0.15, -0.1) is 0 Å². The molecule has 1 aliphatic rings. The fourth-order valence-electron chi connectivity index (χ4n) is 6.26. The van der Waals surface area contributed by atoms with Gasteiger partial charge >= 0.3 is 6.09 Å². The van der Waals surface area contributed by atoms with Crippen molar-refractivity contribution in [1.82, 2.24) is 20.1 Å². The maximum absolute atomic E-state index is 12.0. The second-order valence-electron chi connectivity index (χ2n) is 13.9. The van der Waals surface area contributed by atoms with E-state index in [1.54, 1.807) is 0 Å². The molecule has 1 aliphatic carbocycles.